The lowest BCUT2D eigenvalue weighted by Crippen LogP contribution is -2.54. The molecule has 0 bridgehead atoms. The van der Waals surface area contributed by atoms with Crippen molar-refractivity contribution in [2.24, 2.45) is 0 Å². The van der Waals surface area contributed by atoms with E-state index in [1.54, 1.807) is 0 Å². The zero-order valence-electron chi connectivity index (χ0n) is 11.8. The number of hydrogen-bond acceptors (Lipinski definition) is 5. The van der Waals surface area contributed by atoms with Gasteiger partial charge in [0.15, 0.2) is 0 Å². The molecule has 2 unspecified atom stereocenters. The quantitative estimate of drug-likeness (QED) is 0.738. The Kier molecular flexibility index (Phi) is 10.5. The zero-order chi connectivity index (χ0) is 12.8. The Morgan fingerprint density at radius 3 is 2.60 bits per heavy atom. The van der Waals surface area contributed by atoms with E-state index in [-0.39, 0.29) is 42.8 Å². The number of rotatable bonds is 4. The molecule has 8 heteroatoms. The van der Waals surface area contributed by atoms with Crippen molar-refractivity contribution in [3.63, 3.8) is 0 Å². The summed E-state index contributed by atoms with van der Waals surface area (Å²) in [6, 6.07) is -0.0507. The molecular formula is C12H25Cl2N3O3. The van der Waals surface area contributed by atoms with Gasteiger partial charge in [-0.05, 0) is 6.92 Å². The molecule has 2 aliphatic heterocycles. The van der Waals surface area contributed by atoms with Crippen LogP contribution in [-0.4, -0.2) is 75.5 Å². The Bertz CT molecular complexity index is 273. The normalized spacial score (nSPS) is 24.9. The van der Waals surface area contributed by atoms with Gasteiger partial charge in [-0.2, -0.15) is 0 Å². The highest BCUT2D eigenvalue weighted by molar-refractivity contribution is 5.85. The van der Waals surface area contributed by atoms with Crippen LogP contribution in [0.2, 0.25) is 0 Å². The topological polar surface area (TPSA) is 62.8 Å². The molecule has 0 aromatic rings. The first-order chi connectivity index (χ1) is 8.75. The first-order valence-electron chi connectivity index (χ1n) is 6.67. The van der Waals surface area contributed by atoms with E-state index in [9.17, 15) is 4.79 Å². The molecule has 2 heterocycles. The highest BCUT2D eigenvalue weighted by Crippen LogP contribution is 1.99. The van der Waals surface area contributed by atoms with Gasteiger partial charge in [0.2, 0.25) is 5.91 Å². The van der Waals surface area contributed by atoms with E-state index in [2.05, 4.69) is 15.5 Å². The lowest BCUT2D eigenvalue weighted by molar-refractivity contribution is -0.126. The van der Waals surface area contributed by atoms with E-state index in [0.717, 1.165) is 39.4 Å². The largest absolute Gasteiger partial charge is 0.379 e. The van der Waals surface area contributed by atoms with Gasteiger partial charge in [-0.1, -0.05) is 0 Å². The molecule has 1 amide bonds. The first-order valence-corrected chi connectivity index (χ1v) is 6.67. The summed E-state index contributed by atoms with van der Waals surface area (Å²) in [4.78, 5) is 14.3. The average molecular weight is 330 g/mol. The van der Waals surface area contributed by atoms with Crippen molar-refractivity contribution in [1.29, 1.82) is 0 Å². The van der Waals surface area contributed by atoms with Gasteiger partial charge in [0.25, 0.3) is 0 Å². The summed E-state index contributed by atoms with van der Waals surface area (Å²) in [5.74, 6) is 0.0375. The zero-order valence-corrected chi connectivity index (χ0v) is 13.4. The van der Waals surface area contributed by atoms with Gasteiger partial charge in [0, 0.05) is 32.2 Å². The van der Waals surface area contributed by atoms with E-state index < -0.39 is 0 Å². The molecule has 2 N–H and O–H groups in total. The maximum absolute atomic E-state index is 12.0. The summed E-state index contributed by atoms with van der Waals surface area (Å²) >= 11 is 0. The second-order valence-electron chi connectivity index (χ2n) is 4.90. The minimum absolute atomic E-state index is 0. The fourth-order valence-corrected chi connectivity index (χ4v) is 2.29. The minimum atomic E-state index is -0.203. The standard InChI is InChI=1S/C12H23N3O3.2ClH/c1-10(8-15-3-6-17-7-4-15)14-12(16)11-9-18-5-2-13-11;;/h10-11,13H,2-9H2,1H3,(H,14,16);2*1H. The number of carbonyl (C=O) groups is 1. The summed E-state index contributed by atoms with van der Waals surface area (Å²) in [5, 5.41) is 6.19. The van der Waals surface area contributed by atoms with Crippen LogP contribution in [0, 0.1) is 0 Å². The minimum Gasteiger partial charge on any atom is -0.379 e. The highest BCUT2D eigenvalue weighted by atomic mass is 35.5. The van der Waals surface area contributed by atoms with Crippen LogP contribution in [0.3, 0.4) is 0 Å². The second-order valence-corrected chi connectivity index (χ2v) is 4.90. The van der Waals surface area contributed by atoms with Crippen LogP contribution in [0.1, 0.15) is 6.92 Å². The fraction of sp³-hybridized carbons (Fsp3) is 0.917. The summed E-state index contributed by atoms with van der Waals surface area (Å²) < 4.78 is 10.6. The van der Waals surface area contributed by atoms with Crippen molar-refractivity contribution in [3.8, 4) is 0 Å². The van der Waals surface area contributed by atoms with Crippen molar-refractivity contribution in [1.82, 2.24) is 15.5 Å². The number of nitrogens with zero attached hydrogens (tertiary/aromatic N) is 1. The summed E-state index contributed by atoms with van der Waals surface area (Å²) in [5.41, 5.74) is 0. The summed E-state index contributed by atoms with van der Waals surface area (Å²) in [6.45, 7) is 8.30. The van der Waals surface area contributed by atoms with Crippen LogP contribution < -0.4 is 10.6 Å². The Hall–Kier alpha value is -0.110. The predicted octanol–water partition coefficient (Wildman–Crippen LogP) is -0.345. The molecule has 2 atom stereocenters. The van der Waals surface area contributed by atoms with Gasteiger partial charge in [-0.25, -0.2) is 0 Å². The van der Waals surface area contributed by atoms with Crippen LogP contribution in [0.4, 0.5) is 0 Å². The van der Waals surface area contributed by atoms with E-state index in [1.807, 2.05) is 6.92 Å². The second kappa shape index (κ2) is 10.6. The molecule has 0 saturated carbocycles. The fourth-order valence-electron chi connectivity index (χ4n) is 2.29. The summed E-state index contributed by atoms with van der Waals surface area (Å²) in [6.07, 6.45) is 0. The SMILES string of the molecule is CC(CN1CCOCC1)NC(=O)C1COCCN1.Cl.Cl. The van der Waals surface area contributed by atoms with Crippen molar-refractivity contribution in [2.45, 2.75) is 19.0 Å². The number of hydrogen-bond donors (Lipinski definition) is 2. The molecule has 0 spiro atoms. The van der Waals surface area contributed by atoms with E-state index in [4.69, 9.17) is 9.47 Å². The number of ether oxygens (including phenoxy) is 2. The number of nitrogens with one attached hydrogen (secondary N) is 2. The maximum atomic E-state index is 12.0. The Balaban J connectivity index is 0.00000180. The van der Waals surface area contributed by atoms with Crippen LogP contribution in [0.15, 0.2) is 0 Å². The number of halogens is 2. The molecule has 2 saturated heterocycles. The predicted molar refractivity (Wildman–Crippen MR) is 82.0 cm³/mol. The summed E-state index contributed by atoms with van der Waals surface area (Å²) in [7, 11) is 0. The van der Waals surface area contributed by atoms with Crippen LogP contribution in [0.5, 0.6) is 0 Å². The van der Waals surface area contributed by atoms with Gasteiger partial charge in [-0.15, -0.1) is 24.8 Å². The van der Waals surface area contributed by atoms with E-state index >= 15 is 0 Å². The van der Waals surface area contributed by atoms with Gasteiger partial charge in [0.1, 0.15) is 6.04 Å². The lowest BCUT2D eigenvalue weighted by Gasteiger charge is -2.30. The molecule has 20 heavy (non-hydrogen) atoms. The molecule has 0 aliphatic carbocycles. The Labute approximate surface area is 132 Å². The molecule has 120 valence electrons. The van der Waals surface area contributed by atoms with Gasteiger partial charge < -0.3 is 20.1 Å². The first kappa shape index (κ1) is 19.9. The molecule has 0 radical (unpaired) electrons. The van der Waals surface area contributed by atoms with Gasteiger partial charge >= 0.3 is 0 Å². The number of carbonyl (C=O) groups excluding carboxylic acids is 1. The third-order valence-electron chi connectivity index (χ3n) is 3.26. The van der Waals surface area contributed by atoms with Crippen LogP contribution >= 0.6 is 24.8 Å². The third kappa shape index (κ3) is 6.56. The smallest absolute Gasteiger partial charge is 0.239 e. The van der Waals surface area contributed by atoms with Crippen molar-refractivity contribution < 1.29 is 14.3 Å². The van der Waals surface area contributed by atoms with Gasteiger partial charge in [-0.3, -0.25) is 9.69 Å². The third-order valence-corrected chi connectivity index (χ3v) is 3.26. The molecule has 2 aliphatic rings. The number of morpholine rings is 2. The average Bonchev–Trinajstić information content (AvgIpc) is 2.40. The van der Waals surface area contributed by atoms with Crippen LogP contribution in [0.25, 0.3) is 0 Å². The van der Waals surface area contributed by atoms with Gasteiger partial charge in [0.05, 0.1) is 26.4 Å². The lowest BCUT2D eigenvalue weighted by atomic mass is 10.2. The Morgan fingerprint density at radius 2 is 2.00 bits per heavy atom. The van der Waals surface area contributed by atoms with Crippen molar-refractivity contribution >= 4 is 30.7 Å². The molecule has 2 fully saturated rings. The monoisotopic (exact) mass is 329 g/mol. The van der Waals surface area contributed by atoms with Crippen molar-refractivity contribution in [3.05, 3.63) is 0 Å². The molecular weight excluding hydrogens is 305 g/mol. The molecule has 0 aromatic heterocycles. The molecule has 0 aromatic carbocycles. The number of amides is 1. The van der Waals surface area contributed by atoms with Crippen LogP contribution in [-0.2, 0) is 14.3 Å². The van der Waals surface area contributed by atoms with Crippen molar-refractivity contribution in [2.75, 3.05) is 52.6 Å². The molecule has 2 rings (SSSR count). The Morgan fingerprint density at radius 1 is 1.30 bits per heavy atom. The maximum Gasteiger partial charge on any atom is 0.239 e. The highest BCUT2D eigenvalue weighted by Gasteiger charge is 2.23. The van der Waals surface area contributed by atoms with E-state index in [1.165, 1.54) is 0 Å². The van der Waals surface area contributed by atoms with E-state index in [0.29, 0.717) is 13.2 Å². The molecule has 6 nitrogen and oxygen atoms in total.